The fourth-order valence-corrected chi connectivity index (χ4v) is 16.2. The fourth-order valence-electron chi connectivity index (χ4n) is 11.7. The minimum Gasteiger partial charge on any atom is -0.455 e. The average Bonchev–Trinajstić information content (AvgIpc) is 0.695. The van der Waals surface area contributed by atoms with Gasteiger partial charge in [0.15, 0.2) is 37.0 Å². The maximum absolute atomic E-state index is 14.8. The Bertz CT molecular complexity index is 3750. The second-order valence-corrected chi connectivity index (χ2v) is 34.4. The summed E-state index contributed by atoms with van der Waals surface area (Å²) < 4.78 is 315. The molecule has 2 fully saturated rings. The number of hydrogen-bond donors (Lipinski definition) is 0. The normalized spacial score (nSPS) is 21.5. The van der Waals surface area contributed by atoms with Gasteiger partial charge in [-0.25, -0.2) is 0 Å². The van der Waals surface area contributed by atoms with Crippen molar-refractivity contribution in [1.29, 1.82) is 0 Å². The van der Waals surface area contributed by atoms with Crippen molar-refractivity contribution in [3.8, 4) is 0 Å². The van der Waals surface area contributed by atoms with Crippen LogP contribution in [0, 0.1) is 10.8 Å². The maximum atomic E-state index is 14.8. The number of hydrogen-bond acceptors (Lipinski definition) is 18. The van der Waals surface area contributed by atoms with Gasteiger partial charge in [0, 0.05) is 25.9 Å². The summed E-state index contributed by atoms with van der Waals surface area (Å²) in [5.41, 5.74) is -1.56. The fraction of sp³-hybridized carbons (Fsp3) is 0.584. The number of benzene rings is 4. The van der Waals surface area contributed by atoms with Gasteiger partial charge >= 0.3 is 71.5 Å². The van der Waals surface area contributed by atoms with E-state index in [1.165, 1.54) is 55.4 Å². The van der Waals surface area contributed by atoms with E-state index in [0.29, 0.717) is 11.1 Å². The summed E-state index contributed by atoms with van der Waals surface area (Å²) in [7, 11) is -3.57. The van der Waals surface area contributed by atoms with E-state index in [2.05, 4.69) is 0 Å². The van der Waals surface area contributed by atoms with E-state index in [0.717, 1.165) is 22.5 Å². The lowest BCUT2D eigenvalue weighted by Crippen LogP contribution is -2.74. The number of esters is 4. The van der Waals surface area contributed by atoms with Crippen LogP contribution >= 0.6 is 0 Å². The molecule has 0 bridgehead atoms. The van der Waals surface area contributed by atoms with Gasteiger partial charge in [-0.3, -0.25) is 19.2 Å². The molecule has 0 aromatic heterocycles. The summed E-state index contributed by atoms with van der Waals surface area (Å²) in [6, 6.07) is 35.9. The predicted octanol–water partition coefficient (Wildman–Crippen LogP) is 15.1. The van der Waals surface area contributed by atoms with Crippen molar-refractivity contribution in [1.82, 2.24) is 0 Å². The SMILES string of the molecule is CC(=O)CCC(=O)OC1C(OCc2ccccc2)C(COC2OC(CO[Si](c3ccccc3)(c3ccccc3)C(C)(C)C)C(OCc3ccccc3)C(OC(=O)CCC(C)=O)C2OC(=O)C(C)(C)C)OC(OC/C=C\COCCCC(F)(F)C(F)(F)C(F)(F)C(F)(F)C(F)(F)C(F)(F)C(F)(F)C(F)(F)F)C1OC(=O)C(C)(C)C. The van der Waals surface area contributed by atoms with Gasteiger partial charge in [-0.05, 0) is 88.3 Å². The van der Waals surface area contributed by atoms with Gasteiger partial charge in [0.05, 0.1) is 63.3 Å². The van der Waals surface area contributed by atoms with Gasteiger partial charge in [-0.15, -0.1) is 0 Å². The molecule has 6 rings (SSSR count). The number of ether oxygens (including phenoxy) is 11. The molecule has 113 heavy (non-hydrogen) atoms. The molecule has 0 amide bonds. The second kappa shape index (κ2) is 38.1. The zero-order chi connectivity index (χ0) is 84.8. The lowest BCUT2D eigenvalue weighted by Gasteiger charge is -2.48. The minimum atomic E-state index is -8.78. The summed E-state index contributed by atoms with van der Waals surface area (Å²) >= 11 is 0. The quantitative estimate of drug-likeness (QED) is 0.0101. The van der Waals surface area contributed by atoms with Crippen molar-refractivity contribution in [3.05, 3.63) is 145 Å². The molecule has 0 spiro atoms. The Kier molecular flexibility index (Phi) is 31.8. The first-order valence-corrected chi connectivity index (χ1v) is 37.5. The molecular formula is C77H91F17O18Si. The van der Waals surface area contributed by atoms with Crippen LogP contribution in [-0.2, 0) is 98.5 Å². The van der Waals surface area contributed by atoms with Crippen LogP contribution in [0.3, 0.4) is 0 Å². The molecule has 0 saturated carbocycles. The van der Waals surface area contributed by atoms with Crippen LogP contribution in [0.1, 0.15) is 126 Å². The second-order valence-electron chi connectivity index (χ2n) is 30.1. The molecule has 2 aliphatic rings. The zero-order valence-electron chi connectivity index (χ0n) is 63.4. The average molecular weight is 1660 g/mol. The highest BCUT2D eigenvalue weighted by Gasteiger charge is 2.95. The highest BCUT2D eigenvalue weighted by molar-refractivity contribution is 6.99. The minimum absolute atomic E-state index is 0.177. The summed E-state index contributed by atoms with van der Waals surface area (Å²) in [6.07, 6.45) is -29.0. The summed E-state index contributed by atoms with van der Waals surface area (Å²) in [5, 5.41) is 0.969. The Morgan fingerprint density at radius 1 is 0.407 bits per heavy atom. The number of rotatable bonds is 39. The molecule has 0 radical (unpaired) electrons. The molecule has 18 nitrogen and oxygen atoms in total. The van der Waals surface area contributed by atoms with Crippen LogP contribution < -0.4 is 10.4 Å². The first kappa shape index (κ1) is 94.4. The number of ketones is 2. The van der Waals surface area contributed by atoms with Gasteiger partial charge in [0.25, 0.3) is 8.32 Å². The first-order valence-electron chi connectivity index (χ1n) is 35.6. The Balaban J connectivity index is 1.42. The van der Waals surface area contributed by atoms with E-state index in [9.17, 15) is 103 Å². The van der Waals surface area contributed by atoms with Crippen LogP contribution in [0.25, 0.3) is 0 Å². The van der Waals surface area contributed by atoms with E-state index in [1.54, 1.807) is 60.7 Å². The van der Waals surface area contributed by atoms with Crippen LogP contribution in [-0.4, -0.2) is 186 Å². The standard InChI is InChI=1S/C77H91F17O18Si/c1-47(95)35-37-55(97)109-59-57(103-43-49-27-16-12-17-28-49)53(107-63(61(59)111-65(99)67(3,4)5)102-42-25-24-40-101-41-26-39-70(78,79)71(80,81)72(82,83)73(84,85)74(86,87)75(88,89)76(90,91)77(92,93)94)45-105-64-62(112-66(100)68(6,7)8)60(110-56(98)38-36-48(2)96)58(104-44-50-29-18-13-19-30-50)54(108-64)46-106-113(69(9,10)11,51-31-20-14-21-32-51)52-33-22-15-23-34-52/h12-25,27-34,53-54,57-64H,26,35-46H2,1-11H3/b25-24-. The maximum Gasteiger partial charge on any atom is 0.460 e. The molecule has 4 aromatic carbocycles. The Hall–Kier alpha value is -7.45. The van der Waals surface area contributed by atoms with Crippen molar-refractivity contribution in [3.63, 3.8) is 0 Å². The van der Waals surface area contributed by atoms with Crippen LogP contribution in [0.15, 0.2) is 133 Å². The Morgan fingerprint density at radius 3 is 1.15 bits per heavy atom. The van der Waals surface area contributed by atoms with Crippen LogP contribution in [0.2, 0.25) is 5.04 Å². The lowest BCUT2D eigenvalue weighted by molar-refractivity contribution is -0.461. The van der Waals surface area contributed by atoms with Crippen molar-refractivity contribution >= 4 is 54.1 Å². The Labute approximate surface area is 642 Å². The number of Topliss-reactive ketones (excluding diaryl/α,β-unsaturated/α-hetero) is 2. The first-order chi connectivity index (χ1) is 52.2. The van der Waals surface area contributed by atoms with E-state index < -0.39 is 215 Å². The molecule has 0 N–H and O–H groups in total. The number of carbonyl (C=O) groups is 6. The van der Waals surface area contributed by atoms with Crippen molar-refractivity contribution in [2.24, 2.45) is 10.8 Å². The molecule has 630 valence electrons. The Morgan fingerprint density at radius 2 is 0.770 bits per heavy atom. The van der Waals surface area contributed by atoms with Crippen LogP contribution in [0.5, 0.6) is 0 Å². The highest BCUT2D eigenvalue weighted by atomic mass is 28.4. The van der Waals surface area contributed by atoms with Gasteiger partial charge < -0.3 is 66.1 Å². The van der Waals surface area contributed by atoms with Gasteiger partial charge in [-0.2, -0.15) is 74.6 Å². The number of carbonyl (C=O) groups excluding carboxylic acids is 6. The third-order valence-corrected chi connectivity index (χ3v) is 23.0. The van der Waals surface area contributed by atoms with Crippen molar-refractivity contribution in [2.75, 3.05) is 33.0 Å². The topological polar surface area (TPSA) is 213 Å². The van der Waals surface area contributed by atoms with Gasteiger partial charge in [0.2, 0.25) is 0 Å². The van der Waals surface area contributed by atoms with Gasteiger partial charge in [-0.1, -0.05) is 154 Å². The molecular weight excluding hydrogens is 1560 g/mol. The summed E-state index contributed by atoms with van der Waals surface area (Å²) in [6.45, 7) is 13.0. The molecule has 4 aromatic rings. The van der Waals surface area contributed by atoms with Crippen molar-refractivity contribution < 1.29 is 160 Å². The largest absolute Gasteiger partial charge is 0.460 e. The number of halogens is 17. The zero-order valence-corrected chi connectivity index (χ0v) is 64.4. The third-order valence-electron chi connectivity index (χ3n) is 18.0. The highest BCUT2D eigenvalue weighted by Crippen LogP contribution is 2.64. The van der Waals surface area contributed by atoms with E-state index in [1.807, 2.05) is 81.4 Å². The predicted molar refractivity (Wildman–Crippen MR) is 371 cm³/mol. The third kappa shape index (κ3) is 22.6. The number of alkyl halides is 17. The van der Waals surface area contributed by atoms with Crippen molar-refractivity contribution in [2.45, 2.75) is 242 Å². The smallest absolute Gasteiger partial charge is 0.455 e. The van der Waals surface area contributed by atoms with E-state index in [4.69, 9.17) is 56.5 Å². The summed E-state index contributed by atoms with van der Waals surface area (Å²) in [4.78, 5) is 81.9. The van der Waals surface area contributed by atoms with Gasteiger partial charge in [0.1, 0.15) is 36.0 Å². The van der Waals surface area contributed by atoms with E-state index in [-0.39, 0.29) is 38.4 Å². The molecule has 0 aliphatic carbocycles. The monoisotopic (exact) mass is 1650 g/mol. The lowest BCUT2D eigenvalue weighted by atomic mass is 9.88. The molecule has 36 heteroatoms. The molecule has 2 heterocycles. The summed E-state index contributed by atoms with van der Waals surface area (Å²) in [5.74, 6) is -62.2. The molecule has 2 aliphatic heterocycles. The molecule has 2 saturated heterocycles. The van der Waals surface area contributed by atoms with E-state index >= 15 is 0 Å². The molecule has 10 atom stereocenters. The van der Waals surface area contributed by atoms with Crippen LogP contribution in [0.4, 0.5) is 74.6 Å². The molecule has 10 unspecified atom stereocenters.